The Morgan fingerprint density at radius 2 is 2.04 bits per heavy atom. The summed E-state index contributed by atoms with van der Waals surface area (Å²) in [7, 11) is 1.64. The SMILES string of the molecule is COc1ccccc1CC(=O)N1CCCC1c1nc2ccccc2s1. The second kappa shape index (κ2) is 6.84. The first-order chi connectivity index (χ1) is 12.3. The van der Waals surface area contributed by atoms with Gasteiger partial charge >= 0.3 is 0 Å². The van der Waals surface area contributed by atoms with Crippen LogP contribution < -0.4 is 4.74 Å². The van der Waals surface area contributed by atoms with Crippen molar-refractivity contribution in [3.63, 3.8) is 0 Å². The maximum absolute atomic E-state index is 12.9. The molecule has 2 heterocycles. The minimum Gasteiger partial charge on any atom is -0.496 e. The largest absolute Gasteiger partial charge is 0.496 e. The van der Waals surface area contributed by atoms with Crippen molar-refractivity contribution in [2.75, 3.05) is 13.7 Å². The maximum Gasteiger partial charge on any atom is 0.227 e. The molecule has 0 aliphatic carbocycles. The Hall–Kier alpha value is -2.40. The smallest absolute Gasteiger partial charge is 0.227 e. The predicted molar refractivity (Wildman–Crippen MR) is 100 cm³/mol. The molecule has 128 valence electrons. The molecule has 2 aromatic carbocycles. The van der Waals surface area contributed by atoms with Crippen LogP contribution in [0.15, 0.2) is 48.5 Å². The van der Waals surface area contributed by atoms with Crippen molar-refractivity contribution in [3.05, 3.63) is 59.1 Å². The highest BCUT2D eigenvalue weighted by molar-refractivity contribution is 7.18. The molecule has 1 fully saturated rings. The Kier molecular flexibility index (Phi) is 4.40. The molecule has 0 radical (unpaired) electrons. The van der Waals surface area contributed by atoms with Gasteiger partial charge in [-0.15, -0.1) is 11.3 Å². The molecule has 1 aromatic heterocycles. The Bertz CT molecular complexity index is 872. The fraction of sp³-hybridized carbons (Fsp3) is 0.300. The van der Waals surface area contributed by atoms with Gasteiger partial charge in [0.05, 0.1) is 29.8 Å². The van der Waals surface area contributed by atoms with Crippen LogP contribution in [0.4, 0.5) is 0 Å². The van der Waals surface area contributed by atoms with Crippen LogP contribution in [-0.4, -0.2) is 29.4 Å². The lowest BCUT2D eigenvalue weighted by molar-refractivity contribution is -0.131. The first kappa shape index (κ1) is 16.1. The molecule has 5 heteroatoms. The fourth-order valence-electron chi connectivity index (χ4n) is 3.47. The lowest BCUT2D eigenvalue weighted by Crippen LogP contribution is -2.31. The highest BCUT2D eigenvalue weighted by atomic mass is 32.1. The van der Waals surface area contributed by atoms with E-state index in [1.54, 1.807) is 18.4 Å². The van der Waals surface area contributed by atoms with E-state index in [1.165, 1.54) is 4.70 Å². The Balaban J connectivity index is 1.57. The zero-order valence-electron chi connectivity index (χ0n) is 14.1. The van der Waals surface area contributed by atoms with Crippen molar-refractivity contribution in [1.29, 1.82) is 0 Å². The molecule has 0 spiro atoms. The summed E-state index contributed by atoms with van der Waals surface area (Å²) in [6.07, 6.45) is 2.38. The third kappa shape index (κ3) is 3.12. The summed E-state index contributed by atoms with van der Waals surface area (Å²) in [4.78, 5) is 19.7. The van der Waals surface area contributed by atoms with E-state index < -0.39 is 0 Å². The van der Waals surface area contributed by atoms with Crippen LogP contribution >= 0.6 is 11.3 Å². The molecular weight excluding hydrogens is 332 g/mol. The first-order valence-corrected chi connectivity index (χ1v) is 9.35. The minimum atomic E-state index is 0.0969. The lowest BCUT2D eigenvalue weighted by atomic mass is 10.1. The van der Waals surface area contributed by atoms with E-state index in [2.05, 4.69) is 6.07 Å². The van der Waals surface area contributed by atoms with Crippen molar-refractivity contribution in [2.45, 2.75) is 25.3 Å². The van der Waals surface area contributed by atoms with E-state index in [0.717, 1.165) is 41.2 Å². The number of methoxy groups -OCH3 is 1. The number of nitrogens with zero attached hydrogens (tertiary/aromatic N) is 2. The molecule has 4 nitrogen and oxygen atoms in total. The highest BCUT2D eigenvalue weighted by Gasteiger charge is 2.32. The molecule has 4 rings (SSSR count). The maximum atomic E-state index is 12.9. The molecule has 1 aliphatic heterocycles. The zero-order valence-corrected chi connectivity index (χ0v) is 15.0. The van der Waals surface area contributed by atoms with Crippen LogP contribution in [0.3, 0.4) is 0 Å². The number of hydrogen-bond donors (Lipinski definition) is 0. The van der Waals surface area contributed by atoms with E-state index in [1.807, 2.05) is 47.4 Å². The number of para-hydroxylation sites is 2. The summed E-state index contributed by atoms with van der Waals surface area (Å²) in [6.45, 7) is 0.800. The topological polar surface area (TPSA) is 42.4 Å². The monoisotopic (exact) mass is 352 g/mol. The van der Waals surface area contributed by atoms with E-state index >= 15 is 0 Å². The van der Waals surface area contributed by atoms with Gasteiger partial charge in [-0.1, -0.05) is 30.3 Å². The third-order valence-corrected chi connectivity index (χ3v) is 5.84. The summed E-state index contributed by atoms with van der Waals surface area (Å²) in [5, 5.41) is 1.05. The molecule has 0 saturated carbocycles. The second-order valence-corrected chi connectivity index (χ2v) is 7.32. The van der Waals surface area contributed by atoms with Crippen LogP contribution in [0.2, 0.25) is 0 Å². The quantitative estimate of drug-likeness (QED) is 0.706. The fourth-order valence-corrected chi connectivity index (χ4v) is 4.58. The van der Waals surface area contributed by atoms with Gasteiger partial charge in [0.1, 0.15) is 10.8 Å². The number of carbonyl (C=O) groups is 1. The number of benzene rings is 2. The molecule has 1 amide bonds. The van der Waals surface area contributed by atoms with Crippen molar-refractivity contribution in [2.24, 2.45) is 0 Å². The number of fused-ring (bicyclic) bond motifs is 1. The zero-order chi connectivity index (χ0) is 17.2. The van der Waals surface area contributed by atoms with Crippen LogP contribution in [0.1, 0.15) is 29.5 Å². The molecule has 1 atom stereocenters. The van der Waals surface area contributed by atoms with Gasteiger partial charge in [-0.05, 0) is 31.0 Å². The van der Waals surface area contributed by atoms with Crippen LogP contribution in [0, 0.1) is 0 Å². The van der Waals surface area contributed by atoms with Gasteiger partial charge in [0, 0.05) is 12.1 Å². The summed E-state index contributed by atoms with van der Waals surface area (Å²) in [5.74, 6) is 0.915. The Morgan fingerprint density at radius 1 is 1.24 bits per heavy atom. The number of ether oxygens (including phenoxy) is 1. The summed E-state index contributed by atoms with van der Waals surface area (Å²) in [6, 6.07) is 16.0. The predicted octanol–water partition coefficient (Wildman–Crippen LogP) is 4.21. The van der Waals surface area contributed by atoms with E-state index in [9.17, 15) is 4.79 Å². The highest BCUT2D eigenvalue weighted by Crippen LogP contribution is 2.37. The molecule has 0 bridgehead atoms. The average molecular weight is 352 g/mol. The molecule has 0 N–H and O–H groups in total. The summed E-state index contributed by atoms with van der Waals surface area (Å²) < 4.78 is 6.56. The van der Waals surface area contributed by atoms with Gasteiger partial charge in [0.25, 0.3) is 0 Å². The molecule has 1 aliphatic rings. The van der Waals surface area contributed by atoms with E-state index in [0.29, 0.717) is 6.42 Å². The number of hydrogen-bond acceptors (Lipinski definition) is 4. The van der Waals surface area contributed by atoms with E-state index in [4.69, 9.17) is 9.72 Å². The number of thiazole rings is 1. The Morgan fingerprint density at radius 3 is 2.88 bits per heavy atom. The molecule has 3 aromatic rings. The van der Waals surface area contributed by atoms with Crippen LogP contribution in [0.25, 0.3) is 10.2 Å². The average Bonchev–Trinajstić information content (AvgIpc) is 3.28. The van der Waals surface area contributed by atoms with Gasteiger partial charge < -0.3 is 9.64 Å². The number of rotatable bonds is 4. The number of amides is 1. The summed E-state index contributed by atoms with van der Waals surface area (Å²) in [5.41, 5.74) is 1.96. The van der Waals surface area contributed by atoms with Gasteiger partial charge in [0.2, 0.25) is 5.91 Å². The number of aromatic nitrogens is 1. The standard InChI is InChI=1S/C20H20N2O2S/c1-24-17-10-4-2-7-14(17)13-19(23)22-12-6-9-16(22)20-21-15-8-3-5-11-18(15)25-20/h2-5,7-8,10-11,16H,6,9,12-13H2,1H3. The minimum absolute atomic E-state index is 0.0969. The molecular formula is C20H20N2O2S. The van der Waals surface area contributed by atoms with Crippen molar-refractivity contribution < 1.29 is 9.53 Å². The molecule has 1 unspecified atom stereocenters. The third-order valence-electron chi connectivity index (χ3n) is 4.70. The summed E-state index contributed by atoms with van der Waals surface area (Å²) >= 11 is 1.70. The number of carbonyl (C=O) groups excluding carboxylic acids is 1. The molecule has 1 saturated heterocycles. The molecule has 25 heavy (non-hydrogen) atoms. The van der Waals surface area contributed by atoms with Crippen molar-refractivity contribution in [1.82, 2.24) is 9.88 Å². The van der Waals surface area contributed by atoms with Crippen molar-refractivity contribution in [3.8, 4) is 5.75 Å². The Labute approximate surface area is 151 Å². The van der Waals surface area contributed by atoms with Gasteiger partial charge in [-0.2, -0.15) is 0 Å². The van der Waals surface area contributed by atoms with Crippen LogP contribution in [0.5, 0.6) is 5.75 Å². The van der Waals surface area contributed by atoms with Gasteiger partial charge in [-0.3, -0.25) is 4.79 Å². The second-order valence-electron chi connectivity index (χ2n) is 6.25. The first-order valence-electron chi connectivity index (χ1n) is 8.53. The van der Waals surface area contributed by atoms with E-state index in [-0.39, 0.29) is 11.9 Å². The van der Waals surface area contributed by atoms with Crippen LogP contribution in [-0.2, 0) is 11.2 Å². The van der Waals surface area contributed by atoms with Gasteiger partial charge in [-0.25, -0.2) is 4.98 Å². The lowest BCUT2D eigenvalue weighted by Gasteiger charge is -2.23. The van der Waals surface area contributed by atoms with Gasteiger partial charge in [0.15, 0.2) is 0 Å². The normalized spacial score (nSPS) is 17.2. The van der Waals surface area contributed by atoms with Crippen molar-refractivity contribution >= 4 is 27.5 Å². The number of likely N-dealkylation sites (tertiary alicyclic amines) is 1.